The Bertz CT molecular complexity index is 1320. The molecule has 0 spiro atoms. The van der Waals surface area contributed by atoms with Crippen molar-refractivity contribution in [3.05, 3.63) is 82.9 Å². The molecule has 0 bridgehead atoms. The number of rotatable bonds is 5. The van der Waals surface area contributed by atoms with E-state index in [1.54, 1.807) is 13.2 Å². The summed E-state index contributed by atoms with van der Waals surface area (Å²) in [6.07, 6.45) is 2.62. The molecule has 2 aromatic carbocycles. The lowest BCUT2D eigenvalue weighted by molar-refractivity contribution is -0.135. The highest BCUT2D eigenvalue weighted by molar-refractivity contribution is 6.30. The van der Waals surface area contributed by atoms with Crippen LogP contribution in [0.1, 0.15) is 30.0 Å². The number of likely N-dealkylation sites (tertiary alicyclic amines) is 1. The van der Waals surface area contributed by atoms with Crippen molar-refractivity contribution < 1.29 is 18.7 Å². The molecule has 2 aliphatic heterocycles. The molecule has 3 aromatic rings. The summed E-state index contributed by atoms with van der Waals surface area (Å²) in [5, 5.41) is 0.620. The Balaban J connectivity index is 1.28. The number of aryl methyl sites for hydroxylation is 1. The number of piperidine rings is 1. The first-order valence-electron chi connectivity index (χ1n) is 13.1. The van der Waals surface area contributed by atoms with Gasteiger partial charge in [-0.2, -0.15) is 0 Å². The second kappa shape index (κ2) is 11.6. The number of hydrogen-bond acceptors (Lipinski definition) is 6. The summed E-state index contributed by atoms with van der Waals surface area (Å²) in [5.41, 5.74) is 1.91. The van der Waals surface area contributed by atoms with Gasteiger partial charge < -0.3 is 19.4 Å². The lowest BCUT2D eigenvalue weighted by atomic mass is 9.93. The van der Waals surface area contributed by atoms with Gasteiger partial charge in [0.1, 0.15) is 11.6 Å². The number of carbonyl (C=O) groups excluding carboxylic acids is 2. The number of aromatic nitrogens is 2. The van der Waals surface area contributed by atoms with Gasteiger partial charge >= 0.3 is 6.09 Å². The van der Waals surface area contributed by atoms with Crippen molar-refractivity contribution in [2.75, 3.05) is 38.1 Å². The van der Waals surface area contributed by atoms with Crippen LogP contribution in [0.15, 0.2) is 60.8 Å². The van der Waals surface area contributed by atoms with Crippen LogP contribution in [0, 0.1) is 18.7 Å². The first-order valence-corrected chi connectivity index (χ1v) is 13.5. The van der Waals surface area contributed by atoms with E-state index in [-0.39, 0.29) is 29.5 Å². The highest BCUT2D eigenvalue weighted by Crippen LogP contribution is 2.34. The number of carbonyl (C=O) groups is 2. The fourth-order valence-corrected chi connectivity index (χ4v) is 5.51. The van der Waals surface area contributed by atoms with E-state index in [0.717, 1.165) is 11.3 Å². The maximum atomic E-state index is 13.7. The predicted molar refractivity (Wildman–Crippen MR) is 146 cm³/mol. The highest BCUT2D eigenvalue weighted by atomic mass is 35.5. The molecule has 0 N–H and O–H groups in total. The molecule has 2 atom stereocenters. The maximum Gasteiger partial charge on any atom is 0.415 e. The molecule has 39 heavy (non-hydrogen) atoms. The van der Waals surface area contributed by atoms with E-state index in [2.05, 4.69) is 14.9 Å². The van der Waals surface area contributed by atoms with Gasteiger partial charge in [-0.3, -0.25) is 4.79 Å². The second-order valence-corrected chi connectivity index (χ2v) is 10.6. The van der Waals surface area contributed by atoms with Crippen LogP contribution < -0.4 is 9.64 Å². The molecule has 0 unspecified atom stereocenters. The molecule has 8 nitrogen and oxygen atoms in total. The van der Waals surface area contributed by atoms with Gasteiger partial charge in [-0.1, -0.05) is 23.7 Å². The highest BCUT2D eigenvalue weighted by Gasteiger charge is 2.42. The Kier molecular flexibility index (Phi) is 7.97. The number of nitrogens with zero attached hydrogens (tertiary/aromatic N) is 5. The Labute approximate surface area is 232 Å². The topological polar surface area (TPSA) is 78.9 Å². The zero-order valence-corrected chi connectivity index (χ0v) is 22.7. The molecule has 0 radical (unpaired) electrons. The lowest BCUT2D eigenvalue weighted by Crippen LogP contribution is -2.45. The zero-order chi connectivity index (χ0) is 27.5. The monoisotopic (exact) mass is 551 g/mol. The number of ether oxygens (including phenoxy) is 1. The third kappa shape index (κ3) is 6.14. The number of likely N-dealkylation sites (N-methyl/N-ethyl adjacent to an activating group) is 1. The van der Waals surface area contributed by atoms with Crippen molar-refractivity contribution in [1.82, 2.24) is 19.8 Å². The molecule has 204 valence electrons. The Hall–Kier alpha value is -3.72. The Morgan fingerprint density at radius 3 is 2.38 bits per heavy atom. The summed E-state index contributed by atoms with van der Waals surface area (Å²) in [6, 6.07) is 14.4. The molecule has 2 saturated heterocycles. The van der Waals surface area contributed by atoms with Gasteiger partial charge in [0.05, 0.1) is 6.04 Å². The van der Waals surface area contributed by atoms with Crippen molar-refractivity contribution in [2.24, 2.45) is 5.92 Å². The van der Waals surface area contributed by atoms with E-state index in [1.165, 1.54) is 29.2 Å². The van der Waals surface area contributed by atoms with E-state index >= 15 is 0 Å². The quantitative estimate of drug-likeness (QED) is 0.448. The molecule has 2 aliphatic rings. The third-order valence-electron chi connectivity index (χ3n) is 7.61. The minimum absolute atomic E-state index is 0.0987. The number of hydrogen-bond donors (Lipinski definition) is 0. The second-order valence-electron chi connectivity index (χ2n) is 10.2. The van der Waals surface area contributed by atoms with Crippen molar-refractivity contribution in [3.63, 3.8) is 0 Å². The lowest BCUT2D eigenvalue weighted by Gasteiger charge is -2.33. The van der Waals surface area contributed by atoms with Crippen molar-refractivity contribution in [3.8, 4) is 5.75 Å². The summed E-state index contributed by atoms with van der Waals surface area (Å²) in [6.45, 7) is 4.24. The molecule has 1 aromatic heterocycles. The minimum atomic E-state index is -0.564. The number of halogens is 2. The molecule has 2 fully saturated rings. The third-order valence-corrected chi connectivity index (χ3v) is 7.86. The number of benzene rings is 2. The van der Waals surface area contributed by atoms with E-state index in [1.807, 2.05) is 42.2 Å². The molecular weight excluding hydrogens is 521 g/mol. The van der Waals surface area contributed by atoms with Crippen LogP contribution >= 0.6 is 11.6 Å². The Morgan fingerprint density at radius 2 is 1.72 bits per heavy atom. The molecule has 0 aliphatic carbocycles. The van der Waals surface area contributed by atoms with Crippen LogP contribution in [0.3, 0.4) is 0 Å². The molecule has 2 amide bonds. The SMILES string of the molecule is Cc1ccnc(N2CCC(C(=O)N3C[C@@H](N(C)C(=O)Oc4ccc(F)cc4)[C@H](c4ccc(Cl)cc4)C3)CC2)n1. The molecule has 5 rings (SSSR count). The summed E-state index contributed by atoms with van der Waals surface area (Å²) in [7, 11) is 1.67. The van der Waals surface area contributed by atoms with Gasteiger partial charge in [0.15, 0.2) is 0 Å². The van der Waals surface area contributed by atoms with E-state index < -0.39 is 11.9 Å². The van der Waals surface area contributed by atoms with Crippen molar-refractivity contribution >= 4 is 29.5 Å². The normalized spacial score (nSPS) is 19.7. The van der Waals surface area contributed by atoms with Crippen LogP contribution in [-0.4, -0.2) is 71.0 Å². The predicted octanol–water partition coefficient (Wildman–Crippen LogP) is 4.92. The van der Waals surface area contributed by atoms with Crippen LogP contribution in [0.25, 0.3) is 0 Å². The fourth-order valence-electron chi connectivity index (χ4n) is 5.38. The molecule has 10 heteroatoms. The van der Waals surface area contributed by atoms with E-state index in [0.29, 0.717) is 50.0 Å². The van der Waals surface area contributed by atoms with Crippen molar-refractivity contribution in [2.45, 2.75) is 31.7 Å². The average Bonchev–Trinajstić information content (AvgIpc) is 3.39. The summed E-state index contributed by atoms with van der Waals surface area (Å²) >= 11 is 6.13. The molecule has 3 heterocycles. The van der Waals surface area contributed by atoms with Crippen LogP contribution in [0.2, 0.25) is 5.02 Å². The summed E-state index contributed by atoms with van der Waals surface area (Å²) in [5.74, 6) is 0.428. The summed E-state index contributed by atoms with van der Waals surface area (Å²) in [4.78, 5) is 41.2. The van der Waals surface area contributed by atoms with Crippen LogP contribution in [0.4, 0.5) is 15.1 Å². The minimum Gasteiger partial charge on any atom is -0.410 e. The van der Waals surface area contributed by atoms with Gasteiger partial charge in [0.25, 0.3) is 0 Å². The smallest absolute Gasteiger partial charge is 0.410 e. The largest absolute Gasteiger partial charge is 0.415 e. The van der Waals surface area contributed by atoms with Gasteiger partial charge in [0, 0.05) is 62.0 Å². The average molecular weight is 552 g/mol. The van der Waals surface area contributed by atoms with E-state index in [9.17, 15) is 14.0 Å². The van der Waals surface area contributed by atoms with Crippen LogP contribution in [-0.2, 0) is 4.79 Å². The fraction of sp³-hybridized carbons (Fsp3) is 0.379. The molecule has 0 saturated carbocycles. The Morgan fingerprint density at radius 1 is 1.03 bits per heavy atom. The first kappa shape index (κ1) is 26.9. The standard InChI is InChI=1S/C29H31ClFN5O3/c1-19-11-14-32-28(33-19)35-15-12-21(13-16-35)27(37)36-17-25(20-3-5-22(30)6-4-20)26(18-36)34(2)29(38)39-24-9-7-23(31)8-10-24/h3-11,14,21,25-26H,12-13,15-18H2,1-2H3/t25-,26+/m0/s1. The van der Waals surface area contributed by atoms with Crippen LogP contribution in [0.5, 0.6) is 5.75 Å². The summed E-state index contributed by atoms with van der Waals surface area (Å²) < 4.78 is 18.8. The first-order chi connectivity index (χ1) is 18.8. The van der Waals surface area contributed by atoms with Gasteiger partial charge in [-0.25, -0.2) is 19.2 Å². The van der Waals surface area contributed by atoms with Gasteiger partial charge in [-0.15, -0.1) is 0 Å². The van der Waals surface area contributed by atoms with Gasteiger partial charge in [-0.05, 0) is 67.8 Å². The maximum absolute atomic E-state index is 13.7. The van der Waals surface area contributed by atoms with Crippen molar-refractivity contribution in [1.29, 1.82) is 0 Å². The number of amides is 2. The number of anilines is 1. The molecular formula is C29H31ClFN5O3. The zero-order valence-electron chi connectivity index (χ0n) is 22.0. The van der Waals surface area contributed by atoms with E-state index in [4.69, 9.17) is 16.3 Å². The van der Waals surface area contributed by atoms with Gasteiger partial charge in [0.2, 0.25) is 11.9 Å².